The van der Waals surface area contributed by atoms with E-state index < -0.39 is 23.6 Å². The third kappa shape index (κ3) is 8.51. The molecule has 2 N–H and O–H groups in total. The van der Waals surface area contributed by atoms with E-state index in [1.807, 2.05) is 44.2 Å². The van der Waals surface area contributed by atoms with Crippen LogP contribution in [0, 0.1) is 11.3 Å². The minimum atomic E-state index is -0.722. The standard InChI is InChI=1S/C25H37N3O5/c1-17(2)14-20(27-23(31)25(3,4)5)22(30)26-19-12-9-13-28(15-21(19)29)24(32)33-16-18-10-7-6-8-11-18/h6-8,10-11,17,19-20H,9,12-16H2,1-5H3,(H,26,30)(H,27,31)/t19?,20-/m0/s1. The first-order valence-corrected chi connectivity index (χ1v) is 11.6. The van der Waals surface area contributed by atoms with Gasteiger partial charge >= 0.3 is 6.09 Å². The first-order chi connectivity index (χ1) is 15.5. The van der Waals surface area contributed by atoms with Crippen molar-refractivity contribution < 1.29 is 23.9 Å². The molecule has 1 saturated heterocycles. The summed E-state index contributed by atoms with van der Waals surface area (Å²) < 4.78 is 5.35. The van der Waals surface area contributed by atoms with Gasteiger partial charge in [-0.2, -0.15) is 0 Å². The Kier molecular flexibility index (Phi) is 9.44. The van der Waals surface area contributed by atoms with Crippen LogP contribution in [0.5, 0.6) is 0 Å². The molecule has 8 heteroatoms. The second-order valence-corrected chi connectivity index (χ2v) is 10.0. The SMILES string of the molecule is CC(C)C[C@H](NC(=O)C(C)(C)C)C(=O)NC1CCCN(C(=O)OCc2ccccc2)CC1=O. The van der Waals surface area contributed by atoms with Gasteiger partial charge in [0, 0.05) is 12.0 Å². The first kappa shape index (κ1) is 26.4. The van der Waals surface area contributed by atoms with Crippen molar-refractivity contribution in [2.75, 3.05) is 13.1 Å². The monoisotopic (exact) mass is 459 g/mol. The molecular weight excluding hydrogens is 422 g/mol. The summed E-state index contributed by atoms with van der Waals surface area (Å²) in [5, 5.41) is 5.63. The van der Waals surface area contributed by atoms with Crippen molar-refractivity contribution in [3.8, 4) is 0 Å². The molecule has 0 saturated carbocycles. The zero-order valence-corrected chi connectivity index (χ0v) is 20.3. The third-order valence-corrected chi connectivity index (χ3v) is 5.45. The molecule has 0 bridgehead atoms. The molecule has 1 unspecified atom stereocenters. The number of Topliss-reactive ketones (excluding diaryl/α,β-unsaturated/α-hetero) is 1. The fourth-order valence-electron chi connectivity index (χ4n) is 3.49. The maximum absolute atomic E-state index is 13.0. The van der Waals surface area contributed by atoms with E-state index in [0.29, 0.717) is 25.8 Å². The molecule has 1 fully saturated rings. The van der Waals surface area contributed by atoms with Gasteiger partial charge in [-0.15, -0.1) is 0 Å². The number of ether oxygens (including phenoxy) is 1. The molecular formula is C25H37N3O5. The van der Waals surface area contributed by atoms with Crippen LogP contribution in [0.1, 0.15) is 59.4 Å². The van der Waals surface area contributed by atoms with Crippen molar-refractivity contribution in [2.24, 2.45) is 11.3 Å². The fourth-order valence-corrected chi connectivity index (χ4v) is 3.49. The van der Waals surface area contributed by atoms with Crippen molar-refractivity contribution in [3.63, 3.8) is 0 Å². The normalized spacial score (nSPS) is 17.8. The number of amides is 3. The van der Waals surface area contributed by atoms with Crippen LogP contribution >= 0.6 is 0 Å². The molecule has 2 rings (SSSR count). The van der Waals surface area contributed by atoms with Gasteiger partial charge in [0.2, 0.25) is 11.8 Å². The summed E-state index contributed by atoms with van der Waals surface area (Å²) in [5.74, 6) is -0.661. The summed E-state index contributed by atoms with van der Waals surface area (Å²) in [6, 6.07) is 7.90. The van der Waals surface area contributed by atoms with Gasteiger partial charge in [-0.25, -0.2) is 4.79 Å². The van der Waals surface area contributed by atoms with E-state index in [2.05, 4.69) is 10.6 Å². The van der Waals surface area contributed by atoms with Crippen molar-refractivity contribution in [3.05, 3.63) is 35.9 Å². The van der Waals surface area contributed by atoms with Gasteiger partial charge in [-0.05, 0) is 30.7 Å². The largest absolute Gasteiger partial charge is 0.445 e. The number of benzene rings is 1. The Morgan fingerprint density at radius 1 is 1.15 bits per heavy atom. The molecule has 33 heavy (non-hydrogen) atoms. The number of carbonyl (C=O) groups is 4. The molecule has 1 heterocycles. The number of ketones is 1. The average molecular weight is 460 g/mol. The number of carbonyl (C=O) groups excluding carboxylic acids is 4. The molecule has 1 aromatic carbocycles. The number of hydrogen-bond donors (Lipinski definition) is 2. The van der Waals surface area contributed by atoms with Crippen molar-refractivity contribution in [1.29, 1.82) is 0 Å². The topological polar surface area (TPSA) is 105 Å². The van der Waals surface area contributed by atoms with Crippen LogP contribution in [0.15, 0.2) is 30.3 Å². The molecule has 0 radical (unpaired) electrons. The van der Waals surface area contributed by atoms with Gasteiger partial charge in [0.1, 0.15) is 12.6 Å². The Hall–Kier alpha value is -2.90. The molecule has 8 nitrogen and oxygen atoms in total. The van der Waals surface area contributed by atoms with Gasteiger partial charge in [-0.1, -0.05) is 65.0 Å². The van der Waals surface area contributed by atoms with Gasteiger partial charge in [-0.3, -0.25) is 14.4 Å². The zero-order chi connectivity index (χ0) is 24.6. The van der Waals surface area contributed by atoms with E-state index in [1.54, 1.807) is 20.8 Å². The average Bonchev–Trinajstić information content (AvgIpc) is 2.92. The van der Waals surface area contributed by atoms with E-state index in [4.69, 9.17) is 4.74 Å². The Labute approximate surface area is 196 Å². The molecule has 0 aliphatic carbocycles. The number of nitrogens with zero attached hydrogens (tertiary/aromatic N) is 1. The molecule has 3 amide bonds. The van der Waals surface area contributed by atoms with Crippen LogP contribution in [-0.2, 0) is 25.7 Å². The van der Waals surface area contributed by atoms with E-state index in [9.17, 15) is 19.2 Å². The number of hydrogen-bond acceptors (Lipinski definition) is 5. The zero-order valence-electron chi connectivity index (χ0n) is 20.3. The van der Waals surface area contributed by atoms with Crippen LogP contribution < -0.4 is 10.6 Å². The molecule has 1 aliphatic heterocycles. The van der Waals surface area contributed by atoms with E-state index >= 15 is 0 Å². The summed E-state index contributed by atoms with van der Waals surface area (Å²) in [6.45, 7) is 9.68. The molecule has 1 aromatic rings. The predicted octanol–water partition coefficient (Wildman–Crippen LogP) is 3.05. The van der Waals surface area contributed by atoms with Gasteiger partial charge in [0.25, 0.3) is 0 Å². The smallest absolute Gasteiger partial charge is 0.410 e. The highest BCUT2D eigenvalue weighted by Gasteiger charge is 2.33. The molecule has 182 valence electrons. The Morgan fingerprint density at radius 2 is 1.82 bits per heavy atom. The molecule has 0 aromatic heterocycles. The maximum atomic E-state index is 13.0. The minimum absolute atomic E-state index is 0.123. The molecule has 0 spiro atoms. The lowest BCUT2D eigenvalue weighted by molar-refractivity contribution is -0.134. The second kappa shape index (κ2) is 11.8. The fraction of sp³-hybridized carbons (Fsp3) is 0.600. The Balaban J connectivity index is 1.95. The van der Waals surface area contributed by atoms with Gasteiger partial charge in [0.05, 0.1) is 12.6 Å². The van der Waals surface area contributed by atoms with E-state index in [0.717, 1.165) is 5.56 Å². The van der Waals surface area contributed by atoms with Crippen molar-refractivity contribution >= 4 is 23.7 Å². The predicted molar refractivity (Wildman–Crippen MR) is 125 cm³/mol. The lowest BCUT2D eigenvalue weighted by Crippen LogP contribution is -2.54. The minimum Gasteiger partial charge on any atom is -0.445 e. The third-order valence-electron chi connectivity index (χ3n) is 5.45. The van der Waals surface area contributed by atoms with Gasteiger partial charge in [0.15, 0.2) is 5.78 Å². The quantitative estimate of drug-likeness (QED) is 0.652. The summed E-state index contributed by atoms with van der Waals surface area (Å²) in [5.41, 5.74) is 0.236. The summed E-state index contributed by atoms with van der Waals surface area (Å²) in [6.07, 6.45) is 0.899. The summed E-state index contributed by atoms with van der Waals surface area (Å²) >= 11 is 0. The van der Waals surface area contributed by atoms with Crippen LogP contribution in [0.25, 0.3) is 0 Å². The van der Waals surface area contributed by atoms with E-state index in [1.165, 1.54) is 4.90 Å². The van der Waals surface area contributed by atoms with Crippen molar-refractivity contribution in [2.45, 2.75) is 72.6 Å². The van der Waals surface area contributed by atoms with E-state index in [-0.39, 0.29) is 36.7 Å². The van der Waals surface area contributed by atoms with Crippen LogP contribution in [0.2, 0.25) is 0 Å². The number of likely N-dealkylation sites (tertiary alicyclic amines) is 1. The lowest BCUT2D eigenvalue weighted by atomic mass is 9.94. The molecule has 2 atom stereocenters. The highest BCUT2D eigenvalue weighted by Crippen LogP contribution is 2.16. The van der Waals surface area contributed by atoms with Crippen molar-refractivity contribution in [1.82, 2.24) is 15.5 Å². The Morgan fingerprint density at radius 3 is 2.42 bits per heavy atom. The molecule has 1 aliphatic rings. The highest BCUT2D eigenvalue weighted by atomic mass is 16.6. The second-order valence-electron chi connectivity index (χ2n) is 10.0. The number of rotatable bonds is 7. The van der Waals surface area contributed by atoms with Crippen LogP contribution in [0.4, 0.5) is 4.79 Å². The summed E-state index contributed by atoms with van der Waals surface area (Å²) in [4.78, 5) is 52.1. The van der Waals surface area contributed by atoms with Crippen LogP contribution in [0.3, 0.4) is 0 Å². The maximum Gasteiger partial charge on any atom is 0.410 e. The Bertz CT molecular complexity index is 832. The van der Waals surface area contributed by atoms with Crippen LogP contribution in [-0.4, -0.2) is 53.8 Å². The van der Waals surface area contributed by atoms with Gasteiger partial charge < -0.3 is 20.3 Å². The summed E-state index contributed by atoms with van der Waals surface area (Å²) in [7, 11) is 0. The first-order valence-electron chi connectivity index (χ1n) is 11.6. The highest BCUT2D eigenvalue weighted by molar-refractivity contribution is 5.95. The number of nitrogens with one attached hydrogen (secondary N) is 2. The lowest BCUT2D eigenvalue weighted by Gasteiger charge is -2.26.